The first kappa shape index (κ1) is 20.8. The van der Waals surface area contributed by atoms with Crippen molar-refractivity contribution in [3.8, 4) is 0 Å². The molecule has 0 radical (unpaired) electrons. The van der Waals surface area contributed by atoms with Crippen LogP contribution < -0.4 is 0 Å². The molecule has 0 N–H and O–H groups in total. The van der Waals surface area contributed by atoms with Crippen molar-refractivity contribution >= 4 is 24.5 Å². The van der Waals surface area contributed by atoms with Crippen molar-refractivity contribution < 1.29 is 0 Å². The van der Waals surface area contributed by atoms with E-state index >= 15 is 0 Å². The molecule has 1 fully saturated rings. The summed E-state index contributed by atoms with van der Waals surface area (Å²) in [6.07, 6.45) is 2.99. The minimum Gasteiger partial charge on any atom is -0.325 e. The van der Waals surface area contributed by atoms with Gasteiger partial charge in [0.05, 0.1) is 0 Å². The van der Waals surface area contributed by atoms with Gasteiger partial charge >= 0.3 is 0 Å². The van der Waals surface area contributed by atoms with E-state index in [1.54, 1.807) is 7.05 Å². The Morgan fingerprint density at radius 2 is 2.04 bits per heavy atom. The lowest BCUT2D eigenvalue weighted by molar-refractivity contribution is 0.214. The number of hydrogen-bond donors (Lipinski definition) is 0. The van der Waals surface area contributed by atoms with Crippen LogP contribution in [0.1, 0.15) is 30.5 Å². The van der Waals surface area contributed by atoms with Gasteiger partial charge < -0.3 is 4.90 Å². The van der Waals surface area contributed by atoms with E-state index in [1.807, 2.05) is 13.0 Å². The lowest BCUT2D eigenvalue weighted by atomic mass is 10.0. The Hall–Kier alpha value is -2.53. The first-order chi connectivity index (χ1) is 13.1. The van der Waals surface area contributed by atoms with Crippen molar-refractivity contribution in [1.29, 1.82) is 0 Å². The van der Waals surface area contributed by atoms with Gasteiger partial charge in [0.15, 0.2) is 11.7 Å². The second kappa shape index (κ2) is 9.97. The van der Waals surface area contributed by atoms with Crippen molar-refractivity contribution in [2.24, 2.45) is 15.0 Å². The molecular formula is C22H31N5. The number of rotatable bonds is 5. The third-order valence-corrected chi connectivity index (χ3v) is 4.79. The molecular weight excluding hydrogens is 334 g/mol. The monoisotopic (exact) mass is 365 g/mol. The maximum Gasteiger partial charge on any atom is 0.190 e. The molecule has 0 aliphatic carbocycles. The zero-order valence-electron chi connectivity index (χ0n) is 16.9. The molecule has 0 saturated carbocycles. The number of hydrogen-bond acceptors (Lipinski definition) is 3. The Bertz CT molecular complexity index is 760. The molecule has 144 valence electrons. The van der Waals surface area contributed by atoms with Gasteiger partial charge in [-0.05, 0) is 36.8 Å². The first-order valence-corrected chi connectivity index (χ1v) is 9.48. The van der Waals surface area contributed by atoms with E-state index in [0.717, 1.165) is 44.1 Å². The molecule has 1 aromatic rings. The molecule has 27 heavy (non-hydrogen) atoms. The minimum absolute atomic E-state index is 0.582. The van der Waals surface area contributed by atoms with E-state index in [1.165, 1.54) is 16.7 Å². The first-order valence-electron chi connectivity index (χ1n) is 9.48. The van der Waals surface area contributed by atoms with E-state index in [2.05, 4.69) is 69.8 Å². The summed E-state index contributed by atoms with van der Waals surface area (Å²) in [5.74, 6) is 1.33. The summed E-state index contributed by atoms with van der Waals surface area (Å²) < 4.78 is 0. The highest BCUT2D eigenvalue weighted by atomic mass is 15.3. The van der Waals surface area contributed by atoms with Crippen molar-refractivity contribution in [2.45, 2.75) is 26.8 Å². The molecule has 0 amide bonds. The second-order valence-electron chi connectivity index (χ2n) is 6.52. The van der Waals surface area contributed by atoms with Crippen LogP contribution in [0, 0.1) is 0 Å². The fourth-order valence-corrected chi connectivity index (χ4v) is 3.33. The van der Waals surface area contributed by atoms with Crippen molar-refractivity contribution in [3.05, 3.63) is 53.7 Å². The zero-order valence-corrected chi connectivity index (χ0v) is 16.9. The number of nitrogens with zero attached hydrogens (tertiary/aromatic N) is 5. The summed E-state index contributed by atoms with van der Waals surface area (Å²) in [4.78, 5) is 17.3. The molecule has 0 bridgehead atoms. The van der Waals surface area contributed by atoms with Gasteiger partial charge in [-0.15, -0.1) is 0 Å². The van der Waals surface area contributed by atoms with E-state index in [9.17, 15) is 0 Å². The van der Waals surface area contributed by atoms with E-state index in [-0.39, 0.29) is 0 Å². The third kappa shape index (κ3) is 5.01. The van der Waals surface area contributed by atoms with Gasteiger partial charge in [-0.2, -0.15) is 0 Å². The lowest BCUT2D eigenvalue weighted by Crippen LogP contribution is -2.48. The van der Waals surface area contributed by atoms with Gasteiger partial charge in [0.2, 0.25) is 0 Å². The average molecular weight is 366 g/mol. The number of aliphatic imine (C=N–C) groups is 3. The Balaban J connectivity index is 2.11. The standard InChI is InChI=1S/C22H31N5/c1-7-18-10-11-20(19(8-2)14-18)16-26-12-13-27(17(4)15-26)22(24-6)21(23-5)25-9-3/h8,10-11,14H,2,4-5,7,9,12-13,15-16H2,1,3,6H3/b24-22-,25-21-. The lowest BCUT2D eigenvalue weighted by Gasteiger charge is -2.38. The van der Waals surface area contributed by atoms with Gasteiger partial charge in [0.25, 0.3) is 0 Å². The van der Waals surface area contributed by atoms with Gasteiger partial charge in [0, 0.05) is 45.5 Å². The summed E-state index contributed by atoms with van der Waals surface area (Å²) in [5.41, 5.74) is 4.85. The Labute approximate surface area is 163 Å². The Kier molecular flexibility index (Phi) is 7.67. The molecule has 5 nitrogen and oxygen atoms in total. The molecule has 1 aliphatic rings. The molecule has 0 unspecified atom stereocenters. The van der Waals surface area contributed by atoms with E-state index < -0.39 is 0 Å². The fraction of sp³-hybridized carbons (Fsp3) is 0.409. The summed E-state index contributed by atoms with van der Waals surface area (Å²) in [6, 6.07) is 6.66. The molecule has 0 spiro atoms. The van der Waals surface area contributed by atoms with Gasteiger partial charge in [-0.25, -0.2) is 4.99 Å². The fourth-order valence-electron chi connectivity index (χ4n) is 3.33. The maximum absolute atomic E-state index is 4.40. The number of aryl methyl sites for hydroxylation is 1. The quantitative estimate of drug-likeness (QED) is 0.590. The van der Waals surface area contributed by atoms with Gasteiger partial charge in [0.1, 0.15) is 0 Å². The van der Waals surface area contributed by atoms with E-state index in [0.29, 0.717) is 12.4 Å². The van der Waals surface area contributed by atoms with Crippen LogP contribution in [0.5, 0.6) is 0 Å². The molecule has 1 saturated heterocycles. The second-order valence-corrected chi connectivity index (χ2v) is 6.52. The number of piperazine rings is 1. The summed E-state index contributed by atoms with van der Waals surface area (Å²) >= 11 is 0. The van der Waals surface area contributed by atoms with Crippen molar-refractivity contribution in [1.82, 2.24) is 9.80 Å². The van der Waals surface area contributed by atoms with Crippen LogP contribution in [0.4, 0.5) is 0 Å². The Morgan fingerprint density at radius 1 is 1.26 bits per heavy atom. The average Bonchev–Trinajstić information content (AvgIpc) is 2.69. The largest absolute Gasteiger partial charge is 0.325 e. The zero-order chi connectivity index (χ0) is 19.8. The molecule has 0 atom stereocenters. The predicted molar refractivity (Wildman–Crippen MR) is 118 cm³/mol. The molecule has 2 rings (SSSR count). The van der Waals surface area contributed by atoms with Gasteiger partial charge in [-0.3, -0.25) is 14.9 Å². The normalized spacial score (nSPS) is 16.6. The van der Waals surface area contributed by atoms with Crippen LogP contribution in [-0.4, -0.2) is 61.4 Å². The van der Waals surface area contributed by atoms with Crippen LogP contribution in [0.15, 0.2) is 52.0 Å². The highest BCUT2D eigenvalue weighted by Crippen LogP contribution is 2.20. The third-order valence-electron chi connectivity index (χ3n) is 4.79. The maximum atomic E-state index is 4.40. The summed E-state index contributed by atoms with van der Waals surface area (Å²) in [6.45, 7) is 20.1. The minimum atomic E-state index is 0.582. The summed E-state index contributed by atoms with van der Waals surface area (Å²) in [7, 11) is 1.76. The van der Waals surface area contributed by atoms with Crippen LogP contribution in [0.25, 0.3) is 6.08 Å². The number of amidine groups is 2. The molecule has 5 heteroatoms. The smallest absolute Gasteiger partial charge is 0.190 e. The Morgan fingerprint density at radius 3 is 2.59 bits per heavy atom. The van der Waals surface area contributed by atoms with Crippen molar-refractivity contribution in [3.63, 3.8) is 0 Å². The van der Waals surface area contributed by atoms with Gasteiger partial charge in [-0.1, -0.05) is 44.4 Å². The van der Waals surface area contributed by atoms with Crippen LogP contribution in [0.2, 0.25) is 0 Å². The van der Waals surface area contributed by atoms with Crippen LogP contribution in [0.3, 0.4) is 0 Å². The predicted octanol–water partition coefficient (Wildman–Crippen LogP) is 3.67. The highest BCUT2D eigenvalue weighted by molar-refractivity contribution is 6.41. The molecule has 1 aliphatic heterocycles. The van der Waals surface area contributed by atoms with Crippen LogP contribution in [-0.2, 0) is 13.0 Å². The SMILES string of the molecule is C=Cc1cc(CC)ccc1CN1CCN(C(=N\C)/C(N=C)=N/CC)C(=C)C1. The molecule has 1 heterocycles. The summed E-state index contributed by atoms with van der Waals surface area (Å²) in [5, 5.41) is 0. The highest BCUT2D eigenvalue weighted by Gasteiger charge is 2.25. The van der Waals surface area contributed by atoms with Crippen LogP contribution >= 0.6 is 0 Å². The number of benzene rings is 1. The molecule has 1 aromatic carbocycles. The van der Waals surface area contributed by atoms with E-state index in [4.69, 9.17) is 0 Å². The molecule has 0 aromatic heterocycles. The topological polar surface area (TPSA) is 43.6 Å². The van der Waals surface area contributed by atoms with Crippen molar-refractivity contribution in [2.75, 3.05) is 33.2 Å².